The molecule has 2 rings (SSSR count). The number of nitrogens with zero attached hydrogens (tertiary/aromatic N) is 3. The maximum atomic E-state index is 12.5. The van der Waals surface area contributed by atoms with Gasteiger partial charge in [0.15, 0.2) is 11.5 Å². The van der Waals surface area contributed by atoms with Crippen LogP contribution in [0, 0.1) is 11.3 Å². The Morgan fingerprint density at radius 3 is 2.83 bits per heavy atom. The van der Waals surface area contributed by atoms with E-state index in [9.17, 15) is 9.59 Å². The van der Waals surface area contributed by atoms with Crippen molar-refractivity contribution < 1.29 is 14.3 Å². The molecule has 2 aromatic heterocycles. The van der Waals surface area contributed by atoms with Crippen LogP contribution in [0.2, 0.25) is 0 Å². The summed E-state index contributed by atoms with van der Waals surface area (Å²) >= 11 is 1.19. The van der Waals surface area contributed by atoms with Crippen LogP contribution in [0.5, 0.6) is 0 Å². The van der Waals surface area contributed by atoms with E-state index < -0.39 is 11.6 Å². The number of fused-ring (bicyclic) bond motifs is 1. The van der Waals surface area contributed by atoms with Gasteiger partial charge in [0, 0.05) is 6.20 Å². The summed E-state index contributed by atoms with van der Waals surface area (Å²) in [5.74, 6) is -0.421. The number of amides is 1. The molecular formula is C16H18N4O3S. The topological polar surface area (TPSA) is 96.5 Å². The minimum atomic E-state index is -0.667. The molecule has 0 atom stereocenters. The number of hydrogen-bond donors (Lipinski definition) is 1. The number of ether oxygens (including phenoxy) is 1. The van der Waals surface area contributed by atoms with Crippen LogP contribution >= 0.6 is 11.8 Å². The van der Waals surface area contributed by atoms with Gasteiger partial charge >= 0.3 is 5.97 Å². The molecule has 0 fully saturated rings. The van der Waals surface area contributed by atoms with E-state index in [4.69, 9.17) is 10.00 Å². The van der Waals surface area contributed by atoms with Crippen LogP contribution in [0.25, 0.3) is 5.65 Å². The highest BCUT2D eigenvalue weighted by Crippen LogP contribution is 2.21. The van der Waals surface area contributed by atoms with Gasteiger partial charge in [-0.25, -0.2) is 9.78 Å². The standard InChI is InChI=1S/C16H18N4O3S/c1-16(2,3)23-15(22)13-14(19-12(21)10-24-9-7-17)18-11-6-4-5-8-20(11)13/h4-6,8H,9-10H2,1-3H3,(H,19,21). The van der Waals surface area contributed by atoms with E-state index >= 15 is 0 Å². The molecule has 1 amide bonds. The number of nitriles is 1. The van der Waals surface area contributed by atoms with Crippen molar-refractivity contribution in [2.45, 2.75) is 26.4 Å². The number of carbonyl (C=O) groups excluding carboxylic acids is 2. The third-order valence-corrected chi connectivity index (χ3v) is 3.58. The largest absolute Gasteiger partial charge is 0.455 e. The summed E-state index contributed by atoms with van der Waals surface area (Å²) in [7, 11) is 0. The molecule has 1 N–H and O–H groups in total. The number of thioether (sulfide) groups is 1. The third kappa shape index (κ3) is 4.49. The first kappa shape index (κ1) is 17.8. The molecule has 8 heteroatoms. The SMILES string of the molecule is CC(C)(C)OC(=O)c1c(NC(=O)CSCC#N)nc2ccccn12. The van der Waals surface area contributed by atoms with Gasteiger partial charge in [-0.05, 0) is 32.9 Å². The van der Waals surface area contributed by atoms with E-state index in [1.807, 2.05) is 6.07 Å². The molecule has 0 unspecified atom stereocenters. The van der Waals surface area contributed by atoms with Crippen LogP contribution in [0.15, 0.2) is 24.4 Å². The zero-order valence-electron chi connectivity index (χ0n) is 13.7. The van der Waals surface area contributed by atoms with Gasteiger partial charge in [-0.2, -0.15) is 5.26 Å². The van der Waals surface area contributed by atoms with Gasteiger partial charge in [-0.15, -0.1) is 11.8 Å². The number of anilines is 1. The fourth-order valence-electron chi connectivity index (χ4n) is 1.96. The quantitative estimate of drug-likeness (QED) is 0.660. The Morgan fingerprint density at radius 2 is 2.17 bits per heavy atom. The molecule has 0 radical (unpaired) electrons. The molecule has 0 aliphatic heterocycles. The summed E-state index contributed by atoms with van der Waals surface area (Å²) in [6, 6.07) is 7.23. The zero-order valence-corrected chi connectivity index (χ0v) is 14.5. The smallest absolute Gasteiger partial charge is 0.359 e. The van der Waals surface area contributed by atoms with E-state index in [1.54, 1.807) is 49.6 Å². The second kappa shape index (κ2) is 7.36. The van der Waals surface area contributed by atoms with Gasteiger partial charge in [0.05, 0.1) is 17.6 Å². The number of nitrogens with one attached hydrogen (secondary N) is 1. The van der Waals surface area contributed by atoms with Gasteiger partial charge < -0.3 is 10.1 Å². The minimum absolute atomic E-state index is 0.106. The Kier molecular flexibility index (Phi) is 5.46. The lowest BCUT2D eigenvalue weighted by molar-refractivity contribution is -0.113. The monoisotopic (exact) mass is 346 g/mol. The molecule has 0 saturated heterocycles. The highest BCUT2D eigenvalue weighted by Gasteiger charge is 2.26. The Balaban J connectivity index is 2.32. The van der Waals surface area contributed by atoms with E-state index in [0.29, 0.717) is 5.65 Å². The molecule has 0 aromatic carbocycles. The lowest BCUT2D eigenvalue weighted by Crippen LogP contribution is -2.26. The first-order valence-electron chi connectivity index (χ1n) is 7.27. The summed E-state index contributed by atoms with van der Waals surface area (Å²) in [6.07, 6.45) is 1.68. The first-order valence-corrected chi connectivity index (χ1v) is 8.42. The Hall–Kier alpha value is -2.53. The number of imidazole rings is 1. The van der Waals surface area contributed by atoms with Gasteiger partial charge in [-0.3, -0.25) is 9.20 Å². The van der Waals surface area contributed by atoms with Crippen LogP contribution < -0.4 is 5.32 Å². The molecular weight excluding hydrogens is 328 g/mol. The van der Waals surface area contributed by atoms with Crippen molar-refractivity contribution in [1.29, 1.82) is 5.26 Å². The maximum absolute atomic E-state index is 12.5. The highest BCUT2D eigenvalue weighted by molar-refractivity contribution is 8.00. The number of rotatable bonds is 5. The van der Waals surface area contributed by atoms with Gasteiger partial charge in [0.2, 0.25) is 5.91 Å². The van der Waals surface area contributed by atoms with Crippen molar-refractivity contribution in [3.05, 3.63) is 30.1 Å². The number of esters is 1. The molecule has 2 aromatic rings. The summed E-state index contributed by atoms with van der Waals surface area (Å²) in [5, 5.41) is 11.1. The molecule has 126 valence electrons. The molecule has 0 saturated carbocycles. The fourth-order valence-corrected chi connectivity index (χ4v) is 2.41. The third-order valence-electron chi connectivity index (χ3n) is 2.78. The number of aromatic nitrogens is 2. The first-order chi connectivity index (χ1) is 11.3. The average Bonchev–Trinajstić information content (AvgIpc) is 2.83. The van der Waals surface area contributed by atoms with Crippen LogP contribution in [-0.2, 0) is 9.53 Å². The lowest BCUT2D eigenvalue weighted by atomic mass is 10.2. The Morgan fingerprint density at radius 1 is 1.42 bits per heavy atom. The number of hydrogen-bond acceptors (Lipinski definition) is 6. The van der Waals surface area contributed by atoms with E-state index in [1.165, 1.54) is 11.8 Å². The normalized spacial score (nSPS) is 11.1. The Labute approximate surface area is 144 Å². The van der Waals surface area contributed by atoms with Crippen molar-refractivity contribution >= 4 is 35.1 Å². The van der Waals surface area contributed by atoms with E-state index in [0.717, 1.165) is 0 Å². The predicted molar refractivity (Wildman–Crippen MR) is 91.9 cm³/mol. The minimum Gasteiger partial charge on any atom is -0.455 e. The average molecular weight is 346 g/mol. The number of carbonyl (C=O) groups is 2. The van der Waals surface area contributed by atoms with Gasteiger partial charge in [0.25, 0.3) is 0 Å². The van der Waals surface area contributed by atoms with Crippen LogP contribution in [0.1, 0.15) is 31.3 Å². The van der Waals surface area contributed by atoms with Crippen LogP contribution in [0.4, 0.5) is 5.82 Å². The molecule has 0 aliphatic rings. The maximum Gasteiger partial charge on any atom is 0.359 e. The predicted octanol–water partition coefficient (Wildman–Crippen LogP) is 2.48. The van der Waals surface area contributed by atoms with Crippen molar-refractivity contribution in [3.63, 3.8) is 0 Å². The Bertz CT molecular complexity index is 802. The summed E-state index contributed by atoms with van der Waals surface area (Å²) in [4.78, 5) is 28.8. The molecule has 0 bridgehead atoms. The van der Waals surface area contributed by atoms with Crippen molar-refractivity contribution in [2.24, 2.45) is 0 Å². The van der Waals surface area contributed by atoms with E-state index in [-0.39, 0.29) is 28.9 Å². The molecule has 2 heterocycles. The summed E-state index contributed by atoms with van der Waals surface area (Å²) in [6.45, 7) is 5.31. The highest BCUT2D eigenvalue weighted by atomic mass is 32.2. The van der Waals surface area contributed by atoms with Crippen molar-refractivity contribution in [1.82, 2.24) is 9.38 Å². The molecule has 7 nitrogen and oxygen atoms in total. The lowest BCUT2D eigenvalue weighted by Gasteiger charge is -2.19. The summed E-state index contributed by atoms with van der Waals surface area (Å²) < 4.78 is 6.99. The number of pyridine rings is 1. The molecule has 0 aliphatic carbocycles. The fraction of sp³-hybridized carbons (Fsp3) is 0.375. The zero-order chi connectivity index (χ0) is 17.7. The van der Waals surface area contributed by atoms with E-state index in [2.05, 4.69) is 10.3 Å². The summed E-state index contributed by atoms with van der Waals surface area (Å²) in [5.41, 5.74) is 0.0254. The molecule has 24 heavy (non-hydrogen) atoms. The van der Waals surface area contributed by atoms with Gasteiger partial charge in [-0.1, -0.05) is 6.07 Å². The molecule has 0 spiro atoms. The van der Waals surface area contributed by atoms with Crippen molar-refractivity contribution in [2.75, 3.05) is 16.8 Å². The second-order valence-corrected chi connectivity index (χ2v) is 6.92. The van der Waals surface area contributed by atoms with Crippen molar-refractivity contribution in [3.8, 4) is 6.07 Å². The second-order valence-electron chi connectivity index (χ2n) is 5.94. The van der Waals surface area contributed by atoms with Crippen LogP contribution in [-0.4, -0.2) is 38.4 Å². The van der Waals surface area contributed by atoms with Gasteiger partial charge in [0.1, 0.15) is 11.2 Å². The van der Waals surface area contributed by atoms with Crippen LogP contribution in [0.3, 0.4) is 0 Å².